The van der Waals surface area contributed by atoms with E-state index in [1.807, 2.05) is 48.5 Å². The number of carbonyl (C=O) groups is 2. The number of carboxylic acids is 1. The quantitative estimate of drug-likeness (QED) is 0.909. The maximum Gasteiger partial charge on any atom is 0.329 e. The smallest absolute Gasteiger partial charge is 0.329 e. The lowest BCUT2D eigenvalue weighted by Gasteiger charge is -2.47. The first-order valence-electron chi connectivity index (χ1n) is 8.21. The Morgan fingerprint density at radius 2 is 1.88 bits per heavy atom. The van der Waals surface area contributed by atoms with Gasteiger partial charge < -0.3 is 14.7 Å². The minimum absolute atomic E-state index is 0.148. The number of hydrogen-bond acceptors (Lipinski definition) is 3. The van der Waals surface area contributed by atoms with E-state index in [4.69, 9.17) is 4.74 Å². The first-order valence-corrected chi connectivity index (χ1v) is 8.21. The molecule has 0 radical (unpaired) electrons. The van der Waals surface area contributed by atoms with Gasteiger partial charge in [-0.3, -0.25) is 4.79 Å². The Kier molecular flexibility index (Phi) is 4.49. The van der Waals surface area contributed by atoms with Gasteiger partial charge in [0, 0.05) is 6.54 Å². The van der Waals surface area contributed by atoms with Crippen molar-refractivity contribution in [1.29, 1.82) is 0 Å². The maximum absolute atomic E-state index is 12.4. The van der Waals surface area contributed by atoms with Gasteiger partial charge in [0.2, 0.25) is 5.91 Å². The number of amides is 1. The van der Waals surface area contributed by atoms with Crippen LogP contribution < -0.4 is 4.74 Å². The van der Waals surface area contributed by atoms with Crippen molar-refractivity contribution in [2.24, 2.45) is 0 Å². The summed E-state index contributed by atoms with van der Waals surface area (Å²) < 4.78 is 5.24. The molecule has 0 aliphatic carbocycles. The lowest BCUT2D eigenvalue weighted by atomic mass is 9.86. The van der Waals surface area contributed by atoms with E-state index in [1.165, 1.54) is 4.90 Å². The van der Waals surface area contributed by atoms with Gasteiger partial charge in [-0.15, -0.1) is 0 Å². The van der Waals surface area contributed by atoms with Gasteiger partial charge in [0.05, 0.1) is 13.5 Å². The number of hydrogen-bond donors (Lipinski definition) is 1. The average molecular weight is 339 g/mol. The minimum Gasteiger partial charge on any atom is -0.497 e. The Morgan fingerprint density at radius 3 is 2.44 bits per heavy atom. The minimum atomic E-state index is -1.06. The Balaban J connectivity index is 1.71. The Hall–Kier alpha value is -2.82. The third kappa shape index (κ3) is 3.22. The Morgan fingerprint density at radius 1 is 1.16 bits per heavy atom. The largest absolute Gasteiger partial charge is 0.497 e. The first kappa shape index (κ1) is 17.0. The SMILES string of the molecule is COc1cccc(-c2ccc(CC(=O)N3CCC3(C)C(=O)O)cc2)c1. The van der Waals surface area contributed by atoms with E-state index >= 15 is 0 Å². The molecule has 1 aliphatic heterocycles. The highest BCUT2D eigenvalue weighted by atomic mass is 16.5. The molecule has 1 saturated heterocycles. The summed E-state index contributed by atoms with van der Waals surface area (Å²) in [6.07, 6.45) is 0.712. The highest BCUT2D eigenvalue weighted by Gasteiger charge is 2.49. The van der Waals surface area contributed by atoms with Crippen LogP contribution in [0.1, 0.15) is 18.9 Å². The number of aliphatic carboxylic acids is 1. The van der Waals surface area contributed by atoms with Gasteiger partial charge in [0.1, 0.15) is 11.3 Å². The molecule has 1 heterocycles. The molecular formula is C20H21NO4. The summed E-state index contributed by atoms with van der Waals surface area (Å²) in [7, 11) is 1.63. The van der Waals surface area contributed by atoms with Crippen molar-refractivity contribution in [3.8, 4) is 16.9 Å². The molecule has 3 rings (SSSR count). The predicted molar refractivity (Wildman–Crippen MR) is 94.5 cm³/mol. The van der Waals surface area contributed by atoms with Crippen LogP contribution in [0.2, 0.25) is 0 Å². The van der Waals surface area contributed by atoms with Crippen molar-refractivity contribution in [3.05, 3.63) is 54.1 Å². The zero-order valence-corrected chi connectivity index (χ0v) is 14.4. The van der Waals surface area contributed by atoms with Crippen LogP contribution >= 0.6 is 0 Å². The van der Waals surface area contributed by atoms with Crippen LogP contribution in [0.15, 0.2) is 48.5 Å². The molecule has 5 heteroatoms. The van der Waals surface area contributed by atoms with Crippen LogP contribution in [0, 0.1) is 0 Å². The molecule has 1 amide bonds. The van der Waals surface area contributed by atoms with E-state index in [0.29, 0.717) is 13.0 Å². The number of methoxy groups -OCH3 is 1. The lowest BCUT2D eigenvalue weighted by molar-refractivity contribution is -0.168. The van der Waals surface area contributed by atoms with Crippen LogP contribution in [-0.2, 0) is 16.0 Å². The molecule has 130 valence electrons. The highest BCUT2D eigenvalue weighted by molar-refractivity contribution is 5.89. The van der Waals surface area contributed by atoms with Crippen LogP contribution in [0.3, 0.4) is 0 Å². The number of likely N-dealkylation sites (tertiary alicyclic amines) is 1. The van der Waals surface area contributed by atoms with E-state index in [-0.39, 0.29) is 12.3 Å². The molecule has 0 aromatic heterocycles. The summed E-state index contributed by atoms with van der Waals surface area (Å²) in [6.45, 7) is 2.10. The maximum atomic E-state index is 12.4. The standard InChI is InChI=1S/C20H21NO4/c1-20(19(23)24)10-11-21(20)18(22)12-14-6-8-15(9-7-14)16-4-3-5-17(13-16)25-2/h3-9,13H,10-12H2,1-2H3,(H,23,24). The van der Waals surface area contributed by atoms with E-state index in [9.17, 15) is 14.7 Å². The second kappa shape index (κ2) is 6.59. The Bertz CT molecular complexity index is 800. The molecule has 2 aromatic carbocycles. The van der Waals surface area contributed by atoms with Gasteiger partial charge in [-0.2, -0.15) is 0 Å². The topological polar surface area (TPSA) is 66.8 Å². The zero-order valence-electron chi connectivity index (χ0n) is 14.4. The van der Waals surface area contributed by atoms with Gasteiger partial charge >= 0.3 is 5.97 Å². The van der Waals surface area contributed by atoms with Gasteiger partial charge in [-0.05, 0) is 42.2 Å². The second-order valence-electron chi connectivity index (χ2n) is 6.48. The van der Waals surface area contributed by atoms with Crippen molar-refractivity contribution >= 4 is 11.9 Å². The first-order chi connectivity index (χ1) is 11.9. The number of nitrogens with zero attached hydrogens (tertiary/aromatic N) is 1. The Labute approximate surface area is 146 Å². The fourth-order valence-electron chi connectivity index (χ4n) is 3.07. The molecule has 5 nitrogen and oxygen atoms in total. The molecule has 1 aliphatic rings. The summed E-state index contributed by atoms with van der Waals surface area (Å²) in [5.41, 5.74) is 1.89. The molecule has 0 bridgehead atoms. The van der Waals surface area contributed by atoms with Crippen molar-refractivity contribution in [2.45, 2.75) is 25.3 Å². The number of rotatable bonds is 5. The van der Waals surface area contributed by atoms with Crippen LogP contribution in [0.25, 0.3) is 11.1 Å². The summed E-state index contributed by atoms with van der Waals surface area (Å²) in [5, 5.41) is 9.28. The molecule has 1 unspecified atom stereocenters. The summed E-state index contributed by atoms with van der Waals surface area (Å²) in [4.78, 5) is 25.2. The van der Waals surface area contributed by atoms with Crippen molar-refractivity contribution in [1.82, 2.24) is 4.90 Å². The van der Waals surface area contributed by atoms with Gasteiger partial charge in [-0.25, -0.2) is 4.79 Å². The molecule has 2 aromatic rings. The summed E-state index contributed by atoms with van der Waals surface area (Å²) in [6, 6.07) is 15.5. The fraction of sp³-hybridized carbons (Fsp3) is 0.300. The van der Waals surface area contributed by atoms with Gasteiger partial charge in [-0.1, -0.05) is 36.4 Å². The zero-order chi connectivity index (χ0) is 18.0. The van der Waals surface area contributed by atoms with Gasteiger partial charge in [0.25, 0.3) is 0 Å². The van der Waals surface area contributed by atoms with Crippen LogP contribution in [0.5, 0.6) is 5.75 Å². The third-order valence-electron chi connectivity index (χ3n) is 4.89. The number of carbonyl (C=O) groups excluding carboxylic acids is 1. The van der Waals surface area contributed by atoms with Gasteiger partial charge in [0.15, 0.2) is 0 Å². The molecule has 0 spiro atoms. The van der Waals surface area contributed by atoms with Crippen LogP contribution in [0.4, 0.5) is 0 Å². The van der Waals surface area contributed by atoms with Crippen LogP contribution in [-0.4, -0.2) is 41.1 Å². The molecule has 25 heavy (non-hydrogen) atoms. The van der Waals surface area contributed by atoms with Crippen molar-refractivity contribution in [3.63, 3.8) is 0 Å². The van der Waals surface area contributed by atoms with E-state index < -0.39 is 11.5 Å². The highest BCUT2D eigenvalue weighted by Crippen LogP contribution is 2.31. The third-order valence-corrected chi connectivity index (χ3v) is 4.89. The summed E-state index contributed by atoms with van der Waals surface area (Å²) in [5.74, 6) is -0.298. The molecule has 1 fully saturated rings. The van der Waals surface area contributed by atoms with E-state index in [0.717, 1.165) is 22.4 Å². The van der Waals surface area contributed by atoms with Crippen molar-refractivity contribution < 1.29 is 19.4 Å². The number of benzene rings is 2. The molecule has 1 atom stereocenters. The number of carboxylic acid groups (broad SMARTS) is 1. The lowest BCUT2D eigenvalue weighted by Crippen LogP contribution is -2.64. The molecular weight excluding hydrogens is 318 g/mol. The average Bonchev–Trinajstić information content (AvgIpc) is 2.60. The summed E-state index contributed by atoms with van der Waals surface area (Å²) >= 11 is 0. The monoisotopic (exact) mass is 339 g/mol. The van der Waals surface area contributed by atoms with Crippen molar-refractivity contribution in [2.75, 3.05) is 13.7 Å². The van der Waals surface area contributed by atoms with E-state index in [1.54, 1.807) is 14.0 Å². The molecule has 0 saturated carbocycles. The normalized spacial score (nSPS) is 19.2. The van der Waals surface area contributed by atoms with E-state index in [2.05, 4.69) is 0 Å². The fourth-order valence-corrected chi connectivity index (χ4v) is 3.07. The predicted octanol–water partition coefficient (Wildman–Crippen LogP) is 2.98. The number of ether oxygens (including phenoxy) is 1. The second-order valence-corrected chi connectivity index (χ2v) is 6.48. The molecule has 1 N–H and O–H groups in total.